The first-order valence-electron chi connectivity index (χ1n) is 10.1. The van der Waals surface area contributed by atoms with Gasteiger partial charge in [0.05, 0.1) is 29.7 Å². The van der Waals surface area contributed by atoms with Gasteiger partial charge in [-0.1, -0.05) is 41.6 Å². The van der Waals surface area contributed by atoms with Crippen molar-refractivity contribution in [2.45, 2.75) is 35.6 Å². The monoisotopic (exact) mass is 492 g/mol. The number of likely N-dealkylation sites (tertiary alicyclic amines) is 1. The van der Waals surface area contributed by atoms with Gasteiger partial charge in [-0.2, -0.15) is 0 Å². The summed E-state index contributed by atoms with van der Waals surface area (Å²) >= 11 is 6.53. The second-order valence-electron chi connectivity index (χ2n) is 7.74. The SMILES string of the molecule is O=C1SC2C(C(=O)N1c1ccc(Cl)cc1)N(C(=O)c1ccccc1)C([C@H](O)CO)[C@H](O)[C@H]2O. The molecule has 2 aliphatic rings. The van der Waals surface area contributed by atoms with Gasteiger partial charge in [0.25, 0.3) is 17.1 Å². The van der Waals surface area contributed by atoms with E-state index in [0.29, 0.717) is 16.8 Å². The highest BCUT2D eigenvalue weighted by Crippen LogP contribution is 2.41. The molecule has 6 atom stereocenters. The Hall–Kier alpha value is -2.47. The van der Waals surface area contributed by atoms with Crippen LogP contribution in [0.3, 0.4) is 0 Å². The first-order chi connectivity index (χ1) is 15.8. The molecule has 0 radical (unpaired) electrons. The maximum Gasteiger partial charge on any atom is 0.293 e. The summed E-state index contributed by atoms with van der Waals surface area (Å²) in [6, 6.07) is 10.9. The number of hydrogen-bond acceptors (Lipinski definition) is 8. The average molecular weight is 493 g/mol. The quantitative estimate of drug-likeness (QED) is 0.493. The van der Waals surface area contributed by atoms with Crippen LogP contribution in [0.2, 0.25) is 5.02 Å². The molecule has 0 aliphatic carbocycles. The predicted molar refractivity (Wildman–Crippen MR) is 121 cm³/mol. The van der Waals surface area contributed by atoms with E-state index in [2.05, 4.69) is 0 Å². The van der Waals surface area contributed by atoms with Crippen molar-refractivity contribution in [2.24, 2.45) is 0 Å². The number of hydrogen-bond donors (Lipinski definition) is 4. The molecule has 2 aromatic carbocycles. The van der Waals surface area contributed by atoms with Gasteiger partial charge in [0.2, 0.25) is 0 Å². The summed E-state index contributed by atoms with van der Waals surface area (Å²) in [5.41, 5.74) is 0.384. The van der Waals surface area contributed by atoms with Crippen LogP contribution >= 0.6 is 23.4 Å². The molecule has 0 saturated carbocycles. The Morgan fingerprint density at radius 2 is 1.67 bits per heavy atom. The van der Waals surface area contributed by atoms with Gasteiger partial charge in [0, 0.05) is 10.6 Å². The first kappa shape index (κ1) is 23.7. The fraction of sp³-hybridized carbons (Fsp3) is 0.318. The van der Waals surface area contributed by atoms with Crippen molar-refractivity contribution in [1.29, 1.82) is 0 Å². The highest BCUT2D eigenvalue weighted by atomic mass is 35.5. The van der Waals surface area contributed by atoms with Crippen molar-refractivity contribution in [2.75, 3.05) is 11.5 Å². The number of piperidine rings is 1. The highest BCUT2D eigenvalue weighted by molar-refractivity contribution is 8.14. The van der Waals surface area contributed by atoms with Crippen molar-refractivity contribution in [3.63, 3.8) is 0 Å². The van der Waals surface area contributed by atoms with Crippen LogP contribution in [0.1, 0.15) is 10.4 Å². The third kappa shape index (κ3) is 4.14. The minimum atomic E-state index is -1.71. The van der Waals surface area contributed by atoms with Gasteiger partial charge >= 0.3 is 0 Å². The number of carbonyl (C=O) groups is 3. The van der Waals surface area contributed by atoms with E-state index in [1.807, 2.05) is 0 Å². The summed E-state index contributed by atoms with van der Waals surface area (Å²) in [4.78, 5) is 41.9. The smallest absolute Gasteiger partial charge is 0.293 e. The zero-order chi connectivity index (χ0) is 23.9. The molecule has 2 fully saturated rings. The second-order valence-corrected chi connectivity index (χ2v) is 9.31. The van der Waals surface area contributed by atoms with Crippen LogP contribution in [0.5, 0.6) is 0 Å². The lowest BCUT2D eigenvalue weighted by Gasteiger charge is -2.53. The lowest BCUT2D eigenvalue weighted by molar-refractivity contribution is -0.143. The van der Waals surface area contributed by atoms with Crippen LogP contribution in [0.15, 0.2) is 54.6 Å². The number of benzene rings is 2. The van der Waals surface area contributed by atoms with Crippen LogP contribution in [0, 0.1) is 0 Å². The van der Waals surface area contributed by atoms with E-state index in [1.54, 1.807) is 18.2 Å². The van der Waals surface area contributed by atoms with Gasteiger partial charge < -0.3 is 25.3 Å². The molecule has 174 valence electrons. The molecule has 2 saturated heterocycles. The Morgan fingerprint density at radius 1 is 1.03 bits per heavy atom. The molecule has 4 rings (SSSR count). The van der Waals surface area contributed by atoms with Gasteiger partial charge in [-0.05, 0) is 36.4 Å². The molecule has 0 spiro atoms. The molecule has 2 heterocycles. The first-order valence-corrected chi connectivity index (χ1v) is 11.3. The van der Waals surface area contributed by atoms with Crippen LogP contribution < -0.4 is 4.90 Å². The molecular formula is C22H21ClN2O7S. The number of nitrogens with zero attached hydrogens (tertiary/aromatic N) is 2. The second kappa shape index (κ2) is 9.41. The zero-order valence-corrected chi connectivity index (χ0v) is 18.6. The van der Waals surface area contributed by atoms with E-state index in [0.717, 1.165) is 9.80 Å². The van der Waals surface area contributed by atoms with Crippen molar-refractivity contribution >= 4 is 46.1 Å². The molecule has 2 aromatic rings. The van der Waals surface area contributed by atoms with Gasteiger partial charge in [0.15, 0.2) is 0 Å². The Morgan fingerprint density at radius 3 is 2.27 bits per heavy atom. The molecule has 11 heteroatoms. The molecule has 0 aromatic heterocycles. The number of aliphatic hydroxyl groups is 4. The third-order valence-electron chi connectivity index (χ3n) is 5.78. The van der Waals surface area contributed by atoms with E-state index in [-0.39, 0.29) is 11.3 Å². The Bertz CT molecular complexity index is 1050. The number of aliphatic hydroxyl groups excluding tert-OH is 4. The van der Waals surface area contributed by atoms with E-state index < -0.39 is 59.3 Å². The van der Waals surface area contributed by atoms with E-state index in [9.17, 15) is 34.8 Å². The number of carbonyl (C=O) groups excluding carboxylic acids is 3. The van der Waals surface area contributed by atoms with Gasteiger partial charge in [-0.15, -0.1) is 0 Å². The van der Waals surface area contributed by atoms with Crippen molar-refractivity contribution in [3.8, 4) is 0 Å². The molecule has 33 heavy (non-hydrogen) atoms. The molecule has 3 unspecified atom stereocenters. The summed E-state index contributed by atoms with van der Waals surface area (Å²) < 4.78 is 0. The fourth-order valence-corrected chi connectivity index (χ4v) is 5.55. The molecular weight excluding hydrogens is 472 g/mol. The van der Waals surface area contributed by atoms with Crippen LogP contribution in [-0.2, 0) is 4.79 Å². The molecule has 2 aliphatic heterocycles. The highest BCUT2D eigenvalue weighted by Gasteiger charge is 2.59. The zero-order valence-electron chi connectivity index (χ0n) is 17.1. The molecule has 9 nitrogen and oxygen atoms in total. The lowest BCUT2D eigenvalue weighted by Crippen LogP contribution is -2.75. The van der Waals surface area contributed by atoms with Gasteiger partial charge in [0.1, 0.15) is 18.2 Å². The maximum absolute atomic E-state index is 13.6. The van der Waals surface area contributed by atoms with Crippen LogP contribution in [0.25, 0.3) is 0 Å². The largest absolute Gasteiger partial charge is 0.394 e. The number of thioether (sulfide) groups is 1. The molecule has 4 N–H and O–H groups in total. The summed E-state index contributed by atoms with van der Waals surface area (Å²) in [5.74, 6) is -1.51. The Kier molecular flexibility index (Phi) is 6.76. The number of rotatable bonds is 4. The van der Waals surface area contributed by atoms with E-state index >= 15 is 0 Å². The lowest BCUT2D eigenvalue weighted by atomic mass is 9.85. The maximum atomic E-state index is 13.6. The van der Waals surface area contributed by atoms with E-state index in [4.69, 9.17) is 11.6 Å². The number of anilines is 1. The topological polar surface area (TPSA) is 139 Å². The predicted octanol–water partition coefficient (Wildman–Crippen LogP) is 0.877. The van der Waals surface area contributed by atoms with Gasteiger partial charge in [-0.3, -0.25) is 14.4 Å². The number of fused-ring (bicyclic) bond motifs is 1. The Labute approximate surface area is 198 Å². The number of halogens is 1. The van der Waals surface area contributed by atoms with Crippen molar-refractivity contribution < 1.29 is 34.8 Å². The molecule has 0 bridgehead atoms. The summed E-state index contributed by atoms with van der Waals surface area (Å²) in [6.07, 6.45) is -4.98. The van der Waals surface area contributed by atoms with Crippen LogP contribution in [0.4, 0.5) is 10.5 Å². The van der Waals surface area contributed by atoms with Gasteiger partial charge in [-0.25, -0.2) is 4.90 Å². The van der Waals surface area contributed by atoms with Crippen molar-refractivity contribution in [1.82, 2.24) is 4.90 Å². The summed E-state index contributed by atoms with van der Waals surface area (Å²) in [5, 5.41) is 40.0. The third-order valence-corrected chi connectivity index (χ3v) is 7.23. The number of amides is 3. The summed E-state index contributed by atoms with van der Waals surface area (Å²) in [7, 11) is 0. The summed E-state index contributed by atoms with van der Waals surface area (Å²) in [6.45, 7) is -0.828. The minimum absolute atomic E-state index is 0.169. The van der Waals surface area contributed by atoms with Crippen molar-refractivity contribution in [3.05, 3.63) is 65.2 Å². The standard InChI is InChI=1S/C22H21ClN2O7S/c23-12-6-8-13(9-7-12)24-21(31)16-19(33-22(24)32)18(29)17(28)15(14(27)10-26)25(16)20(30)11-4-2-1-3-5-11/h1-9,14-19,26-29H,10H2/t14-,15?,16?,17+,18-,19?/m1/s1. The normalized spacial score (nSPS) is 28.5. The fourth-order valence-electron chi connectivity index (χ4n) is 4.21. The molecule has 3 amide bonds. The number of imide groups is 1. The van der Waals surface area contributed by atoms with E-state index in [1.165, 1.54) is 36.4 Å². The minimum Gasteiger partial charge on any atom is -0.394 e. The van der Waals surface area contributed by atoms with Crippen LogP contribution in [-0.4, -0.2) is 84.6 Å². The average Bonchev–Trinajstić information content (AvgIpc) is 2.82. The Balaban J connectivity index is 1.82.